The zero-order chi connectivity index (χ0) is 14.0. The van der Waals surface area contributed by atoms with Crippen LogP contribution in [0.15, 0.2) is 12.1 Å². The number of carbonyl (C=O) groups is 1. The molecule has 1 aliphatic rings. The molecule has 0 spiro atoms. The van der Waals surface area contributed by atoms with Gasteiger partial charge in [0.05, 0.1) is 5.56 Å². The van der Waals surface area contributed by atoms with E-state index in [1.165, 1.54) is 0 Å². The minimum absolute atomic E-state index is 0.0974. The second-order valence-electron chi connectivity index (χ2n) is 4.81. The van der Waals surface area contributed by atoms with E-state index < -0.39 is 28.9 Å². The third-order valence-corrected chi connectivity index (χ3v) is 3.39. The third-order valence-electron chi connectivity index (χ3n) is 3.39. The highest BCUT2D eigenvalue weighted by molar-refractivity contribution is 5.94. The minimum Gasteiger partial charge on any atom is -0.349 e. The summed E-state index contributed by atoms with van der Waals surface area (Å²) in [5, 5.41) is 2.62. The van der Waals surface area contributed by atoms with E-state index in [-0.39, 0.29) is 12.1 Å². The summed E-state index contributed by atoms with van der Waals surface area (Å²) < 4.78 is 39.2. The predicted octanol–water partition coefficient (Wildman–Crippen LogP) is 2.10. The fourth-order valence-electron chi connectivity index (χ4n) is 2.23. The summed E-state index contributed by atoms with van der Waals surface area (Å²) in [6.45, 7) is 0. The van der Waals surface area contributed by atoms with Crippen molar-refractivity contribution in [1.82, 2.24) is 5.32 Å². The maximum Gasteiger partial charge on any atom is 0.254 e. The summed E-state index contributed by atoms with van der Waals surface area (Å²) >= 11 is 0. The first kappa shape index (κ1) is 13.9. The van der Waals surface area contributed by atoms with E-state index in [0.29, 0.717) is 12.8 Å². The number of carbonyl (C=O) groups excluding carboxylic acids is 1. The van der Waals surface area contributed by atoms with E-state index in [1.807, 2.05) is 0 Å². The zero-order valence-corrected chi connectivity index (χ0v) is 10.3. The quantitative estimate of drug-likeness (QED) is 0.810. The van der Waals surface area contributed by atoms with Gasteiger partial charge in [0, 0.05) is 12.1 Å². The molecule has 19 heavy (non-hydrogen) atoms. The Morgan fingerprint density at radius 1 is 1.11 bits per heavy atom. The second kappa shape index (κ2) is 5.61. The lowest BCUT2D eigenvalue weighted by atomic mass is 9.91. The number of halogens is 3. The number of rotatable bonds is 2. The lowest BCUT2D eigenvalue weighted by molar-refractivity contribution is 0.0920. The Balaban J connectivity index is 2.06. The van der Waals surface area contributed by atoms with Gasteiger partial charge in [-0.05, 0) is 37.8 Å². The molecule has 0 atom stereocenters. The number of nitrogens with two attached hydrogens (primary N) is 1. The molecule has 0 aliphatic heterocycles. The van der Waals surface area contributed by atoms with Crippen LogP contribution in [0.2, 0.25) is 0 Å². The van der Waals surface area contributed by atoms with Gasteiger partial charge < -0.3 is 11.1 Å². The molecule has 2 rings (SSSR count). The van der Waals surface area contributed by atoms with Crippen molar-refractivity contribution in [3.05, 3.63) is 35.1 Å². The van der Waals surface area contributed by atoms with E-state index >= 15 is 0 Å². The van der Waals surface area contributed by atoms with E-state index in [0.717, 1.165) is 25.0 Å². The first-order valence-electron chi connectivity index (χ1n) is 6.19. The van der Waals surface area contributed by atoms with Gasteiger partial charge in [0.1, 0.15) is 0 Å². The molecule has 3 nitrogen and oxygen atoms in total. The Hall–Kier alpha value is -1.56. The first-order valence-corrected chi connectivity index (χ1v) is 6.19. The molecule has 0 radical (unpaired) electrons. The lowest BCUT2D eigenvalue weighted by Crippen LogP contribution is -2.40. The van der Waals surface area contributed by atoms with Gasteiger partial charge in [-0.2, -0.15) is 0 Å². The van der Waals surface area contributed by atoms with Gasteiger partial charge in [-0.1, -0.05) is 0 Å². The van der Waals surface area contributed by atoms with Gasteiger partial charge in [0.25, 0.3) is 5.91 Å². The molecule has 0 unspecified atom stereocenters. The van der Waals surface area contributed by atoms with Crippen LogP contribution in [0, 0.1) is 17.5 Å². The number of hydrogen-bond donors (Lipinski definition) is 2. The van der Waals surface area contributed by atoms with Crippen molar-refractivity contribution in [2.24, 2.45) is 5.73 Å². The standard InChI is InChI=1S/C13H15F3N2O/c14-10-6-5-9(11(15)12(10)16)13(19)18-8-3-1-7(17)2-4-8/h5-8H,1-4,17H2,(H,18,19). The Kier molecular flexibility index (Phi) is 4.09. The molecule has 1 fully saturated rings. The van der Waals surface area contributed by atoms with Crippen LogP contribution in [0.5, 0.6) is 0 Å². The fraction of sp³-hybridized carbons (Fsp3) is 0.462. The van der Waals surface area contributed by atoms with E-state index in [4.69, 9.17) is 5.73 Å². The number of benzene rings is 1. The highest BCUT2D eigenvalue weighted by Crippen LogP contribution is 2.19. The highest BCUT2D eigenvalue weighted by atomic mass is 19.2. The molecule has 104 valence electrons. The highest BCUT2D eigenvalue weighted by Gasteiger charge is 2.23. The largest absolute Gasteiger partial charge is 0.349 e. The molecule has 0 saturated heterocycles. The predicted molar refractivity (Wildman–Crippen MR) is 64.0 cm³/mol. The summed E-state index contributed by atoms with van der Waals surface area (Å²) in [5.74, 6) is -5.11. The Morgan fingerprint density at radius 2 is 1.74 bits per heavy atom. The van der Waals surface area contributed by atoms with E-state index in [9.17, 15) is 18.0 Å². The van der Waals surface area contributed by atoms with Gasteiger partial charge in [-0.15, -0.1) is 0 Å². The molecule has 1 amide bonds. The van der Waals surface area contributed by atoms with Crippen LogP contribution < -0.4 is 11.1 Å². The van der Waals surface area contributed by atoms with Crippen LogP contribution in [-0.4, -0.2) is 18.0 Å². The monoisotopic (exact) mass is 272 g/mol. The van der Waals surface area contributed by atoms with Crippen LogP contribution in [0.1, 0.15) is 36.0 Å². The molecule has 0 heterocycles. The van der Waals surface area contributed by atoms with Gasteiger partial charge in [0.2, 0.25) is 0 Å². The normalized spacial score (nSPS) is 23.2. The third kappa shape index (κ3) is 3.07. The van der Waals surface area contributed by atoms with Gasteiger partial charge in [-0.3, -0.25) is 4.79 Å². The summed E-state index contributed by atoms with van der Waals surface area (Å²) in [4.78, 5) is 11.8. The first-order chi connectivity index (χ1) is 8.99. The van der Waals surface area contributed by atoms with Gasteiger partial charge in [-0.25, -0.2) is 13.2 Å². The topological polar surface area (TPSA) is 55.1 Å². The van der Waals surface area contributed by atoms with Crippen molar-refractivity contribution in [3.63, 3.8) is 0 Å². The molecule has 1 aliphatic carbocycles. The molecule has 1 aromatic rings. The Labute approximate surface area is 109 Å². The Bertz CT molecular complexity index is 485. The maximum atomic E-state index is 13.4. The van der Waals surface area contributed by atoms with Crippen LogP contribution >= 0.6 is 0 Å². The smallest absolute Gasteiger partial charge is 0.254 e. The van der Waals surface area contributed by atoms with Crippen LogP contribution in [0.25, 0.3) is 0 Å². The van der Waals surface area contributed by atoms with Crippen molar-refractivity contribution >= 4 is 5.91 Å². The van der Waals surface area contributed by atoms with Crippen molar-refractivity contribution in [2.45, 2.75) is 37.8 Å². The average molecular weight is 272 g/mol. The number of amides is 1. The number of nitrogens with one attached hydrogen (secondary N) is 1. The van der Waals surface area contributed by atoms with Crippen LogP contribution in [-0.2, 0) is 0 Å². The SMILES string of the molecule is NC1CCC(NC(=O)c2ccc(F)c(F)c2F)CC1. The molecular weight excluding hydrogens is 257 g/mol. The van der Waals surface area contributed by atoms with Gasteiger partial charge >= 0.3 is 0 Å². The van der Waals surface area contributed by atoms with Crippen LogP contribution in [0.3, 0.4) is 0 Å². The second-order valence-corrected chi connectivity index (χ2v) is 4.81. The summed E-state index contributed by atoms with van der Waals surface area (Å²) in [6, 6.07) is 1.72. The molecule has 0 aromatic heterocycles. The summed E-state index contributed by atoms with van der Waals surface area (Å²) in [5.41, 5.74) is 5.26. The van der Waals surface area contributed by atoms with Gasteiger partial charge in [0.15, 0.2) is 17.5 Å². The van der Waals surface area contributed by atoms with E-state index in [1.54, 1.807) is 0 Å². The molecular formula is C13H15F3N2O. The summed E-state index contributed by atoms with van der Waals surface area (Å²) in [6.07, 6.45) is 2.98. The average Bonchev–Trinajstić information content (AvgIpc) is 2.39. The fourth-order valence-corrected chi connectivity index (χ4v) is 2.23. The zero-order valence-electron chi connectivity index (χ0n) is 10.3. The number of hydrogen-bond acceptors (Lipinski definition) is 2. The molecule has 6 heteroatoms. The van der Waals surface area contributed by atoms with Crippen molar-refractivity contribution in [1.29, 1.82) is 0 Å². The van der Waals surface area contributed by atoms with Crippen molar-refractivity contribution < 1.29 is 18.0 Å². The Morgan fingerprint density at radius 3 is 2.37 bits per heavy atom. The molecule has 0 bridgehead atoms. The summed E-state index contributed by atoms with van der Waals surface area (Å²) in [7, 11) is 0. The van der Waals surface area contributed by atoms with Crippen LogP contribution in [0.4, 0.5) is 13.2 Å². The van der Waals surface area contributed by atoms with E-state index in [2.05, 4.69) is 5.32 Å². The molecule has 1 saturated carbocycles. The van der Waals surface area contributed by atoms with Crippen molar-refractivity contribution in [2.75, 3.05) is 0 Å². The molecule has 1 aromatic carbocycles. The lowest BCUT2D eigenvalue weighted by Gasteiger charge is -2.26. The molecule has 3 N–H and O–H groups in total. The minimum atomic E-state index is -1.63. The maximum absolute atomic E-state index is 13.4. The van der Waals surface area contributed by atoms with Crippen molar-refractivity contribution in [3.8, 4) is 0 Å².